The van der Waals surface area contributed by atoms with Gasteiger partial charge in [-0.2, -0.15) is 0 Å². The van der Waals surface area contributed by atoms with E-state index < -0.39 is 23.7 Å². The number of rotatable bonds is 6. The maximum atomic E-state index is 12.0. The van der Waals surface area contributed by atoms with Crippen LogP contribution in [0.15, 0.2) is 30.3 Å². The van der Waals surface area contributed by atoms with Crippen molar-refractivity contribution in [1.82, 2.24) is 4.90 Å². The summed E-state index contributed by atoms with van der Waals surface area (Å²) < 4.78 is 10.6. The van der Waals surface area contributed by atoms with Crippen LogP contribution in [0, 0.1) is 0 Å². The molecular formula is C16H23NO5. The predicted octanol–water partition coefficient (Wildman–Crippen LogP) is 2.52. The number of benzene rings is 1. The molecule has 1 unspecified atom stereocenters. The van der Waals surface area contributed by atoms with E-state index in [9.17, 15) is 14.7 Å². The van der Waals surface area contributed by atoms with Gasteiger partial charge in [0, 0.05) is 7.05 Å². The second-order valence-electron chi connectivity index (χ2n) is 5.93. The molecule has 0 spiro atoms. The highest BCUT2D eigenvalue weighted by Crippen LogP contribution is 2.11. The molecule has 0 aliphatic heterocycles. The summed E-state index contributed by atoms with van der Waals surface area (Å²) in [5.74, 6) is -1.14. The average molecular weight is 309 g/mol. The lowest BCUT2D eigenvalue weighted by atomic mass is 10.2. The van der Waals surface area contributed by atoms with E-state index in [0.29, 0.717) is 0 Å². The number of carbonyl (C=O) groups is 2. The van der Waals surface area contributed by atoms with Crippen LogP contribution in [0.5, 0.6) is 0 Å². The van der Waals surface area contributed by atoms with Crippen LogP contribution in [0.2, 0.25) is 0 Å². The quantitative estimate of drug-likeness (QED) is 0.874. The van der Waals surface area contributed by atoms with Crippen LogP contribution >= 0.6 is 0 Å². The highest BCUT2D eigenvalue weighted by Gasteiger charge is 2.29. The maximum absolute atomic E-state index is 12.0. The molecule has 1 aromatic rings. The van der Waals surface area contributed by atoms with Crippen molar-refractivity contribution in [3.05, 3.63) is 35.9 Å². The minimum absolute atomic E-state index is 0.0937. The number of carboxylic acid groups (broad SMARTS) is 1. The molecule has 22 heavy (non-hydrogen) atoms. The molecule has 6 nitrogen and oxygen atoms in total. The standard InChI is InChI=1S/C16H23NO5/c1-16(2,3)22-11-13(14(18)19)17(4)15(20)21-10-12-8-6-5-7-9-12/h5-9,13H,10-11H2,1-4H3,(H,18,19). The van der Waals surface area contributed by atoms with Crippen LogP contribution < -0.4 is 0 Å². The molecule has 0 saturated heterocycles. The second-order valence-corrected chi connectivity index (χ2v) is 5.93. The van der Waals surface area contributed by atoms with Crippen molar-refractivity contribution in [2.75, 3.05) is 13.7 Å². The van der Waals surface area contributed by atoms with Gasteiger partial charge in [-0.05, 0) is 26.3 Å². The molecule has 0 fully saturated rings. The predicted molar refractivity (Wildman–Crippen MR) is 81.5 cm³/mol. The molecule has 0 aromatic heterocycles. The van der Waals surface area contributed by atoms with Gasteiger partial charge in [-0.25, -0.2) is 9.59 Å². The Morgan fingerprint density at radius 3 is 2.32 bits per heavy atom. The lowest BCUT2D eigenvalue weighted by Crippen LogP contribution is -2.46. The molecular weight excluding hydrogens is 286 g/mol. The first kappa shape index (κ1) is 18.0. The van der Waals surface area contributed by atoms with Crippen LogP contribution in [-0.2, 0) is 20.9 Å². The van der Waals surface area contributed by atoms with Crippen molar-refractivity contribution in [2.45, 2.75) is 39.0 Å². The van der Waals surface area contributed by atoms with Crippen molar-refractivity contribution in [3.8, 4) is 0 Å². The summed E-state index contributed by atoms with van der Waals surface area (Å²) in [5.41, 5.74) is 0.352. The fourth-order valence-corrected chi connectivity index (χ4v) is 1.63. The van der Waals surface area contributed by atoms with Crippen LogP contribution in [0.25, 0.3) is 0 Å². The summed E-state index contributed by atoms with van der Waals surface area (Å²) in [6.07, 6.45) is -0.700. The van der Waals surface area contributed by atoms with E-state index in [1.165, 1.54) is 7.05 Å². The van der Waals surface area contributed by atoms with Gasteiger partial charge in [-0.15, -0.1) is 0 Å². The Hall–Kier alpha value is -2.08. The number of hydrogen-bond donors (Lipinski definition) is 1. The molecule has 1 amide bonds. The molecule has 0 saturated carbocycles. The molecule has 1 atom stereocenters. The zero-order valence-electron chi connectivity index (χ0n) is 13.4. The van der Waals surface area contributed by atoms with Gasteiger partial charge in [0.25, 0.3) is 0 Å². The fourth-order valence-electron chi connectivity index (χ4n) is 1.63. The normalized spacial score (nSPS) is 12.5. The Kier molecular flexibility index (Phi) is 6.37. The number of carbonyl (C=O) groups excluding carboxylic acids is 1. The van der Waals surface area contributed by atoms with E-state index in [-0.39, 0.29) is 13.2 Å². The van der Waals surface area contributed by atoms with Crippen molar-refractivity contribution >= 4 is 12.1 Å². The van der Waals surface area contributed by atoms with Crippen molar-refractivity contribution in [1.29, 1.82) is 0 Å². The van der Waals surface area contributed by atoms with E-state index in [1.54, 1.807) is 0 Å². The van der Waals surface area contributed by atoms with Gasteiger partial charge in [-0.3, -0.25) is 4.90 Å². The van der Waals surface area contributed by atoms with Gasteiger partial charge in [-0.1, -0.05) is 30.3 Å². The molecule has 1 N–H and O–H groups in total. The Morgan fingerprint density at radius 1 is 1.23 bits per heavy atom. The Bertz CT molecular complexity index is 495. The highest BCUT2D eigenvalue weighted by atomic mass is 16.6. The number of likely N-dealkylation sites (N-methyl/N-ethyl adjacent to an activating group) is 1. The number of hydrogen-bond acceptors (Lipinski definition) is 4. The first-order chi connectivity index (χ1) is 10.2. The van der Waals surface area contributed by atoms with E-state index in [4.69, 9.17) is 9.47 Å². The third-order valence-corrected chi connectivity index (χ3v) is 2.92. The fraction of sp³-hybridized carbons (Fsp3) is 0.500. The monoisotopic (exact) mass is 309 g/mol. The number of amides is 1. The first-order valence-electron chi connectivity index (χ1n) is 7.01. The largest absolute Gasteiger partial charge is 0.480 e. The molecule has 0 radical (unpaired) electrons. The summed E-state index contributed by atoms with van der Waals surface area (Å²) >= 11 is 0. The molecule has 6 heteroatoms. The smallest absolute Gasteiger partial charge is 0.410 e. The van der Waals surface area contributed by atoms with Crippen LogP contribution in [0.3, 0.4) is 0 Å². The SMILES string of the molecule is CN(C(=O)OCc1ccccc1)C(COC(C)(C)C)C(=O)O. The maximum Gasteiger partial charge on any atom is 0.410 e. The van der Waals surface area contributed by atoms with Crippen LogP contribution in [0.1, 0.15) is 26.3 Å². The van der Waals surface area contributed by atoms with E-state index in [2.05, 4.69) is 0 Å². The summed E-state index contributed by atoms with van der Waals surface area (Å²) in [6, 6.07) is 8.09. The lowest BCUT2D eigenvalue weighted by Gasteiger charge is -2.27. The van der Waals surface area contributed by atoms with Gasteiger partial charge in [0.15, 0.2) is 6.04 Å². The van der Waals surface area contributed by atoms with Gasteiger partial charge in [0.05, 0.1) is 12.2 Å². The van der Waals surface area contributed by atoms with Gasteiger partial charge < -0.3 is 14.6 Å². The van der Waals surface area contributed by atoms with E-state index in [1.807, 2.05) is 51.1 Å². The van der Waals surface area contributed by atoms with Gasteiger partial charge in [0.2, 0.25) is 0 Å². The van der Waals surface area contributed by atoms with Crippen LogP contribution in [-0.4, -0.2) is 47.4 Å². The molecule has 1 aromatic carbocycles. The number of aliphatic carboxylic acids is 1. The molecule has 1 rings (SSSR count). The summed E-state index contributed by atoms with van der Waals surface area (Å²) in [6.45, 7) is 5.45. The Labute approximate surface area is 130 Å². The van der Waals surface area contributed by atoms with Crippen molar-refractivity contribution < 1.29 is 24.2 Å². The summed E-state index contributed by atoms with van der Waals surface area (Å²) in [4.78, 5) is 24.3. The molecule has 0 aliphatic rings. The Balaban J connectivity index is 2.59. The number of nitrogens with zero attached hydrogens (tertiary/aromatic N) is 1. The van der Waals surface area contributed by atoms with E-state index >= 15 is 0 Å². The molecule has 0 heterocycles. The zero-order valence-corrected chi connectivity index (χ0v) is 13.4. The van der Waals surface area contributed by atoms with Crippen molar-refractivity contribution in [3.63, 3.8) is 0 Å². The van der Waals surface area contributed by atoms with Crippen molar-refractivity contribution in [2.24, 2.45) is 0 Å². The van der Waals surface area contributed by atoms with Gasteiger partial charge >= 0.3 is 12.1 Å². The average Bonchev–Trinajstić information content (AvgIpc) is 2.44. The molecule has 0 bridgehead atoms. The minimum atomic E-state index is -1.14. The summed E-state index contributed by atoms with van der Waals surface area (Å²) in [5, 5.41) is 9.25. The third kappa shape index (κ3) is 6.13. The highest BCUT2D eigenvalue weighted by molar-refractivity contribution is 5.80. The Morgan fingerprint density at radius 2 is 1.82 bits per heavy atom. The topological polar surface area (TPSA) is 76.1 Å². The number of ether oxygens (including phenoxy) is 2. The lowest BCUT2D eigenvalue weighted by molar-refractivity contribution is -0.146. The number of carboxylic acids is 1. The molecule has 122 valence electrons. The van der Waals surface area contributed by atoms with E-state index in [0.717, 1.165) is 10.5 Å². The first-order valence-corrected chi connectivity index (χ1v) is 7.01. The second kappa shape index (κ2) is 7.79. The molecule has 0 aliphatic carbocycles. The summed E-state index contributed by atoms with van der Waals surface area (Å²) in [7, 11) is 1.39. The zero-order chi connectivity index (χ0) is 16.8. The van der Waals surface area contributed by atoms with Gasteiger partial charge in [0.1, 0.15) is 6.61 Å². The minimum Gasteiger partial charge on any atom is -0.480 e. The van der Waals surface area contributed by atoms with Crippen LogP contribution in [0.4, 0.5) is 4.79 Å². The third-order valence-electron chi connectivity index (χ3n) is 2.92.